The van der Waals surface area contributed by atoms with Crippen LogP contribution in [0.3, 0.4) is 0 Å². The highest BCUT2D eigenvalue weighted by molar-refractivity contribution is 7.22. The van der Waals surface area contributed by atoms with Crippen molar-refractivity contribution in [2.45, 2.75) is 0 Å². The van der Waals surface area contributed by atoms with E-state index in [9.17, 15) is 0 Å². The van der Waals surface area contributed by atoms with Crippen LogP contribution in [-0.2, 0) is 0 Å². The van der Waals surface area contributed by atoms with E-state index in [0.717, 1.165) is 10.6 Å². The van der Waals surface area contributed by atoms with Crippen LogP contribution in [0.5, 0.6) is 0 Å². The van der Waals surface area contributed by atoms with E-state index in [1.165, 1.54) is 37.4 Å². The van der Waals surface area contributed by atoms with E-state index in [2.05, 4.69) is 115 Å². The number of hydrogen-bond donors (Lipinski definition) is 0. The van der Waals surface area contributed by atoms with Gasteiger partial charge in [0.05, 0.1) is 0 Å². The minimum absolute atomic E-state index is 0.789. The first-order valence-corrected chi connectivity index (χ1v) is 13.3. The van der Waals surface area contributed by atoms with Crippen LogP contribution in [-0.4, -0.2) is 8.07 Å². The van der Waals surface area contributed by atoms with Gasteiger partial charge in [0.25, 0.3) is 0 Å². The summed E-state index contributed by atoms with van der Waals surface area (Å²) in [4.78, 5) is 0. The number of rotatable bonds is 3. The van der Waals surface area contributed by atoms with E-state index in [1.807, 2.05) is 12.1 Å². The molecule has 5 aromatic carbocycles. The minimum Gasteiger partial charge on any atom is -0.0837 e. The summed E-state index contributed by atoms with van der Waals surface area (Å²) in [6.45, 7) is 0. The van der Waals surface area contributed by atoms with Crippen LogP contribution in [0, 0.1) is 0 Å². The largest absolute Gasteiger partial charge is 0.180 e. The molecule has 32 heavy (non-hydrogen) atoms. The fourth-order valence-electron chi connectivity index (χ4n) is 5.40. The van der Waals surface area contributed by atoms with Crippen LogP contribution in [0.15, 0.2) is 127 Å². The topological polar surface area (TPSA) is 0 Å². The lowest BCUT2D eigenvalue weighted by Crippen LogP contribution is -2.72. The molecule has 0 nitrogen and oxygen atoms in total. The average Bonchev–Trinajstić information content (AvgIpc) is 3.17. The van der Waals surface area contributed by atoms with Crippen LogP contribution >= 0.6 is 11.6 Å². The molecule has 0 amide bonds. The molecule has 0 unspecified atom stereocenters. The maximum atomic E-state index is 6.70. The second-order valence-electron chi connectivity index (χ2n) is 8.24. The van der Waals surface area contributed by atoms with Gasteiger partial charge in [0.15, 0.2) is 8.07 Å². The normalized spacial score (nSPS) is 13.4. The van der Waals surface area contributed by atoms with E-state index in [4.69, 9.17) is 11.6 Å². The van der Waals surface area contributed by atoms with E-state index in [0.29, 0.717) is 0 Å². The van der Waals surface area contributed by atoms with Crippen molar-refractivity contribution in [1.82, 2.24) is 0 Å². The van der Waals surface area contributed by atoms with Crippen molar-refractivity contribution in [1.29, 1.82) is 0 Å². The predicted octanol–water partition coefficient (Wildman–Crippen LogP) is 5.36. The smallest absolute Gasteiger partial charge is 0.0837 e. The Morgan fingerprint density at radius 3 is 1.56 bits per heavy atom. The fraction of sp³-hybridized carbons (Fsp3) is 0. The summed E-state index contributed by atoms with van der Waals surface area (Å²) in [5, 5.41) is 6.50. The molecule has 5 aromatic rings. The lowest BCUT2D eigenvalue weighted by molar-refractivity contribution is 1.62. The zero-order valence-electron chi connectivity index (χ0n) is 17.5. The standard InChI is InChI=1S/C30H21ClSi/c31-27-19-9-7-16-24(27)25-18-11-21-29-30(25)26-17-8-10-20-28(26)32(29,22-12-3-1-4-13-22)23-14-5-2-6-15-23/h1-21H. The van der Waals surface area contributed by atoms with Crippen molar-refractivity contribution in [3.8, 4) is 22.3 Å². The summed E-state index contributed by atoms with van der Waals surface area (Å²) in [7, 11) is -2.45. The molecular formula is C30H21ClSi. The summed E-state index contributed by atoms with van der Waals surface area (Å²) in [6.07, 6.45) is 0. The Hall–Kier alpha value is -3.39. The van der Waals surface area contributed by atoms with Gasteiger partial charge in [-0.3, -0.25) is 0 Å². The van der Waals surface area contributed by atoms with Crippen LogP contribution in [0.25, 0.3) is 22.3 Å². The Bertz CT molecular complexity index is 1380. The molecule has 6 rings (SSSR count). The average molecular weight is 445 g/mol. The van der Waals surface area contributed by atoms with E-state index in [1.54, 1.807) is 0 Å². The van der Waals surface area contributed by atoms with Gasteiger partial charge < -0.3 is 0 Å². The number of halogens is 1. The molecule has 0 spiro atoms. The molecule has 152 valence electrons. The Kier molecular flexibility index (Phi) is 4.60. The van der Waals surface area contributed by atoms with Gasteiger partial charge in [-0.15, -0.1) is 0 Å². The summed E-state index contributed by atoms with van der Waals surface area (Å²) >= 11 is 6.70. The van der Waals surface area contributed by atoms with Gasteiger partial charge in [-0.1, -0.05) is 133 Å². The van der Waals surface area contributed by atoms with Crippen LogP contribution in [0.2, 0.25) is 5.02 Å². The molecule has 1 aliphatic heterocycles. The molecular weight excluding hydrogens is 424 g/mol. The Morgan fingerprint density at radius 2 is 0.906 bits per heavy atom. The molecule has 0 atom stereocenters. The van der Waals surface area contributed by atoms with Gasteiger partial charge in [-0.05, 0) is 43.5 Å². The first kappa shape index (κ1) is 19.3. The summed E-state index contributed by atoms with van der Waals surface area (Å²) in [6, 6.07) is 46.1. The molecule has 0 saturated heterocycles. The highest BCUT2D eigenvalue weighted by Crippen LogP contribution is 2.38. The minimum atomic E-state index is -2.45. The summed E-state index contributed by atoms with van der Waals surface area (Å²) in [5.74, 6) is 0. The Morgan fingerprint density at radius 1 is 0.406 bits per heavy atom. The van der Waals surface area contributed by atoms with Crippen molar-refractivity contribution in [2.24, 2.45) is 0 Å². The van der Waals surface area contributed by atoms with Crippen LogP contribution in [0.1, 0.15) is 0 Å². The third-order valence-corrected chi connectivity index (χ3v) is 11.8. The van der Waals surface area contributed by atoms with Gasteiger partial charge in [-0.25, -0.2) is 0 Å². The van der Waals surface area contributed by atoms with E-state index in [-0.39, 0.29) is 0 Å². The molecule has 0 aliphatic carbocycles. The molecule has 0 saturated carbocycles. The first-order chi connectivity index (χ1) is 15.8. The summed E-state index contributed by atoms with van der Waals surface area (Å²) < 4.78 is 0. The number of fused-ring (bicyclic) bond motifs is 3. The van der Waals surface area contributed by atoms with E-state index < -0.39 is 8.07 Å². The lowest BCUT2D eigenvalue weighted by atomic mass is 9.95. The summed E-state index contributed by atoms with van der Waals surface area (Å²) in [5.41, 5.74) is 4.96. The second kappa shape index (κ2) is 7.63. The lowest BCUT2D eigenvalue weighted by Gasteiger charge is -2.31. The third kappa shape index (κ3) is 2.69. The first-order valence-electron chi connectivity index (χ1n) is 10.9. The monoisotopic (exact) mass is 444 g/mol. The highest BCUT2D eigenvalue weighted by Gasteiger charge is 2.49. The maximum Gasteiger partial charge on any atom is 0.180 e. The van der Waals surface area contributed by atoms with Crippen molar-refractivity contribution in [2.75, 3.05) is 0 Å². The molecule has 0 radical (unpaired) electrons. The molecule has 0 bridgehead atoms. The SMILES string of the molecule is Clc1ccccc1-c1cccc2c1-c1ccccc1[Si]2(c1ccccc1)c1ccccc1. The Balaban J connectivity index is 1.79. The van der Waals surface area contributed by atoms with Gasteiger partial charge in [0.1, 0.15) is 0 Å². The zero-order valence-corrected chi connectivity index (χ0v) is 19.3. The number of hydrogen-bond acceptors (Lipinski definition) is 0. The second-order valence-corrected chi connectivity index (χ2v) is 12.4. The predicted molar refractivity (Wildman–Crippen MR) is 139 cm³/mol. The maximum absolute atomic E-state index is 6.70. The van der Waals surface area contributed by atoms with Crippen molar-refractivity contribution >= 4 is 40.4 Å². The molecule has 0 aromatic heterocycles. The van der Waals surface area contributed by atoms with Gasteiger partial charge in [0.2, 0.25) is 0 Å². The van der Waals surface area contributed by atoms with Gasteiger partial charge in [0, 0.05) is 10.6 Å². The van der Waals surface area contributed by atoms with Gasteiger partial charge >= 0.3 is 0 Å². The zero-order chi connectivity index (χ0) is 21.5. The fourth-order valence-corrected chi connectivity index (χ4v) is 10.8. The van der Waals surface area contributed by atoms with Crippen LogP contribution in [0.4, 0.5) is 0 Å². The Labute approximate surface area is 194 Å². The van der Waals surface area contributed by atoms with Crippen molar-refractivity contribution in [3.05, 3.63) is 132 Å². The molecule has 1 aliphatic rings. The van der Waals surface area contributed by atoms with Crippen LogP contribution < -0.4 is 20.7 Å². The molecule has 0 N–H and O–H groups in total. The third-order valence-electron chi connectivity index (χ3n) is 6.65. The molecule has 1 heterocycles. The number of benzene rings is 5. The highest BCUT2D eigenvalue weighted by atomic mass is 35.5. The van der Waals surface area contributed by atoms with Crippen molar-refractivity contribution < 1.29 is 0 Å². The molecule has 0 fully saturated rings. The van der Waals surface area contributed by atoms with E-state index >= 15 is 0 Å². The quantitative estimate of drug-likeness (QED) is 0.322. The van der Waals surface area contributed by atoms with Crippen molar-refractivity contribution in [3.63, 3.8) is 0 Å². The molecule has 2 heteroatoms. The van der Waals surface area contributed by atoms with Gasteiger partial charge in [-0.2, -0.15) is 0 Å².